The lowest BCUT2D eigenvalue weighted by Crippen LogP contribution is -2.27. The molecular weight excluding hydrogens is 192 g/mol. The molecule has 84 valence electrons. The van der Waals surface area contributed by atoms with E-state index in [1.165, 1.54) is 0 Å². The van der Waals surface area contributed by atoms with Crippen LogP contribution in [0.5, 0.6) is 0 Å². The van der Waals surface area contributed by atoms with Gasteiger partial charge in [0.1, 0.15) is 0 Å². The number of carbonyl (C=O) groups excluding carboxylic acids is 1. The Morgan fingerprint density at radius 1 is 1.73 bits per heavy atom. The lowest BCUT2D eigenvalue weighted by molar-refractivity contribution is -0.121. The molecule has 0 aromatic carbocycles. The van der Waals surface area contributed by atoms with Gasteiger partial charge in [-0.3, -0.25) is 4.79 Å². The van der Waals surface area contributed by atoms with Crippen LogP contribution in [-0.4, -0.2) is 28.5 Å². The summed E-state index contributed by atoms with van der Waals surface area (Å²) in [7, 11) is 0. The van der Waals surface area contributed by atoms with Crippen molar-refractivity contribution in [3.63, 3.8) is 0 Å². The first-order valence-electron chi connectivity index (χ1n) is 5.18. The second kappa shape index (κ2) is 6.19. The molecule has 0 spiro atoms. The lowest BCUT2D eigenvalue weighted by Gasteiger charge is -2.05. The number of hydrogen-bond donors (Lipinski definition) is 3. The molecule has 5 heteroatoms. The van der Waals surface area contributed by atoms with Crippen LogP contribution in [0.15, 0.2) is 12.5 Å². The number of nitrogens with two attached hydrogens (primary N) is 1. The van der Waals surface area contributed by atoms with E-state index in [4.69, 9.17) is 5.73 Å². The van der Waals surface area contributed by atoms with Gasteiger partial charge < -0.3 is 16.0 Å². The fourth-order valence-electron chi connectivity index (χ4n) is 1.21. The molecule has 1 atom stereocenters. The van der Waals surface area contributed by atoms with Gasteiger partial charge in [0.15, 0.2) is 0 Å². The predicted octanol–water partition coefficient (Wildman–Crippen LogP) is 0.196. The number of H-pyrrole nitrogens is 1. The van der Waals surface area contributed by atoms with Gasteiger partial charge in [0, 0.05) is 37.3 Å². The van der Waals surface area contributed by atoms with E-state index < -0.39 is 0 Å². The van der Waals surface area contributed by atoms with Crippen molar-refractivity contribution >= 4 is 5.91 Å². The van der Waals surface area contributed by atoms with Gasteiger partial charge >= 0.3 is 0 Å². The van der Waals surface area contributed by atoms with Crippen LogP contribution >= 0.6 is 0 Å². The average molecular weight is 210 g/mol. The van der Waals surface area contributed by atoms with Crippen LogP contribution in [-0.2, 0) is 11.2 Å². The maximum absolute atomic E-state index is 11.3. The first-order chi connectivity index (χ1) is 7.18. The van der Waals surface area contributed by atoms with Crippen molar-refractivity contribution < 1.29 is 4.79 Å². The number of nitrogens with one attached hydrogen (secondary N) is 2. The fourth-order valence-corrected chi connectivity index (χ4v) is 1.21. The zero-order chi connectivity index (χ0) is 11.1. The molecule has 0 aliphatic heterocycles. The standard InChI is InChI=1S/C10H18N4O/c1-8(11)2-3-10(15)13-5-4-9-6-12-7-14-9/h6-8H,2-5,11H2,1H3,(H,12,14)(H,13,15). The quantitative estimate of drug-likeness (QED) is 0.627. The molecule has 0 aliphatic rings. The van der Waals surface area contributed by atoms with E-state index >= 15 is 0 Å². The summed E-state index contributed by atoms with van der Waals surface area (Å²) in [6, 6.07) is 0.0864. The molecule has 1 amide bonds. The third-order valence-corrected chi connectivity index (χ3v) is 2.10. The Kier molecular flexibility index (Phi) is 4.83. The Labute approximate surface area is 89.5 Å². The van der Waals surface area contributed by atoms with Gasteiger partial charge in [-0.15, -0.1) is 0 Å². The summed E-state index contributed by atoms with van der Waals surface area (Å²) < 4.78 is 0. The number of nitrogens with zero attached hydrogens (tertiary/aromatic N) is 1. The van der Waals surface area contributed by atoms with Gasteiger partial charge in [-0.05, 0) is 13.3 Å². The average Bonchev–Trinajstić information content (AvgIpc) is 2.67. The topological polar surface area (TPSA) is 83.8 Å². The van der Waals surface area contributed by atoms with Crippen molar-refractivity contribution in [2.45, 2.75) is 32.2 Å². The Hall–Kier alpha value is -1.36. The number of aromatic nitrogens is 2. The van der Waals surface area contributed by atoms with E-state index in [9.17, 15) is 4.79 Å². The summed E-state index contributed by atoms with van der Waals surface area (Å²) in [5, 5.41) is 2.83. The summed E-state index contributed by atoms with van der Waals surface area (Å²) >= 11 is 0. The van der Waals surface area contributed by atoms with Gasteiger partial charge in [-0.2, -0.15) is 0 Å². The molecule has 15 heavy (non-hydrogen) atoms. The van der Waals surface area contributed by atoms with E-state index in [1.54, 1.807) is 12.5 Å². The van der Waals surface area contributed by atoms with E-state index in [1.807, 2.05) is 6.92 Å². The SMILES string of the molecule is CC(N)CCC(=O)NCCc1cnc[nH]1. The normalized spacial score (nSPS) is 12.4. The van der Waals surface area contributed by atoms with E-state index in [0.29, 0.717) is 13.0 Å². The fraction of sp³-hybridized carbons (Fsp3) is 0.600. The molecule has 0 fully saturated rings. The molecule has 1 rings (SSSR count). The monoisotopic (exact) mass is 210 g/mol. The number of imidazole rings is 1. The molecule has 1 unspecified atom stereocenters. The molecule has 1 aromatic heterocycles. The molecule has 5 nitrogen and oxygen atoms in total. The van der Waals surface area contributed by atoms with Gasteiger partial charge in [0.25, 0.3) is 0 Å². The van der Waals surface area contributed by atoms with Crippen molar-refractivity contribution in [2.75, 3.05) is 6.54 Å². The van der Waals surface area contributed by atoms with E-state index in [-0.39, 0.29) is 11.9 Å². The second-order valence-electron chi connectivity index (χ2n) is 3.69. The largest absolute Gasteiger partial charge is 0.356 e. The summed E-state index contributed by atoms with van der Waals surface area (Å²) in [6.45, 7) is 2.54. The first-order valence-corrected chi connectivity index (χ1v) is 5.18. The van der Waals surface area contributed by atoms with E-state index in [0.717, 1.165) is 18.5 Å². The molecule has 0 saturated carbocycles. The molecule has 0 bridgehead atoms. The molecule has 1 heterocycles. The first kappa shape index (κ1) is 11.7. The maximum atomic E-state index is 11.3. The van der Waals surface area contributed by atoms with Gasteiger partial charge in [0.2, 0.25) is 5.91 Å². The zero-order valence-corrected chi connectivity index (χ0v) is 8.99. The highest BCUT2D eigenvalue weighted by atomic mass is 16.1. The van der Waals surface area contributed by atoms with Gasteiger partial charge in [-0.1, -0.05) is 0 Å². The van der Waals surface area contributed by atoms with Gasteiger partial charge in [-0.25, -0.2) is 4.98 Å². The lowest BCUT2D eigenvalue weighted by atomic mass is 10.2. The predicted molar refractivity (Wildman–Crippen MR) is 58.2 cm³/mol. The Morgan fingerprint density at radius 3 is 3.13 bits per heavy atom. The minimum Gasteiger partial charge on any atom is -0.356 e. The van der Waals surface area contributed by atoms with Crippen molar-refractivity contribution in [3.05, 3.63) is 18.2 Å². The minimum absolute atomic E-state index is 0.0619. The third-order valence-electron chi connectivity index (χ3n) is 2.10. The number of carbonyl (C=O) groups is 1. The smallest absolute Gasteiger partial charge is 0.220 e. The zero-order valence-electron chi connectivity index (χ0n) is 8.99. The van der Waals surface area contributed by atoms with Crippen LogP contribution < -0.4 is 11.1 Å². The van der Waals surface area contributed by atoms with Crippen LogP contribution in [0, 0.1) is 0 Å². The highest BCUT2D eigenvalue weighted by Gasteiger charge is 2.02. The minimum atomic E-state index is 0.0619. The molecule has 1 aromatic rings. The Morgan fingerprint density at radius 2 is 2.53 bits per heavy atom. The van der Waals surface area contributed by atoms with Crippen molar-refractivity contribution in [1.29, 1.82) is 0 Å². The molecule has 4 N–H and O–H groups in total. The number of hydrogen-bond acceptors (Lipinski definition) is 3. The third kappa shape index (κ3) is 5.17. The van der Waals surface area contributed by atoms with Crippen LogP contribution in [0.3, 0.4) is 0 Å². The van der Waals surface area contributed by atoms with Crippen molar-refractivity contribution in [3.8, 4) is 0 Å². The summed E-state index contributed by atoms with van der Waals surface area (Å²) in [5.41, 5.74) is 6.58. The summed E-state index contributed by atoms with van der Waals surface area (Å²) in [4.78, 5) is 18.2. The van der Waals surface area contributed by atoms with Gasteiger partial charge in [0.05, 0.1) is 6.33 Å². The number of rotatable bonds is 6. The van der Waals surface area contributed by atoms with Crippen LogP contribution in [0.1, 0.15) is 25.5 Å². The Bertz CT molecular complexity index is 282. The van der Waals surface area contributed by atoms with Crippen LogP contribution in [0.4, 0.5) is 0 Å². The van der Waals surface area contributed by atoms with E-state index in [2.05, 4.69) is 15.3 Å². The Balaban J connectivity index is 2.07. The van der Waals surface area contributed by atoms with Crippen molar-refractivity contribution in [1.82, 2.24) is 15.3 Å². The highest BCUT2D eigenvalue weighted by Crippen LogP contribution is 1.94. The maximum Gasteiger partial charge on any atom is 0.220 e. The molecule has 0 saturated heterocycles. The van der Waals surface area contributed by atoms with Crippen LogP contribution in [0.2, 0.25) is 0 Å². The summed E-state index contributed by atoms with van der Waals surface area (Å²) in [5.74, 6) is 0.0619. The molecular formula is C10H18N4O. The van der Waals surface area contributed by atoms with Crippen molar-refractivity contribution in [2.24, 2.45) is 5.73 Å². The van der Waals surface area contributed by atoms with Crippen LogP contribution in [0.25, 0.3) is 0 Å². The molecule has 0 aliphatic carbocycles. The highest BCUT2D eigenvalue weighted by molar-refractivity contribution is 5.75. The number of amides is 1. The molecule has 0 radical (unpaired) electrons. The summed E-state index contributed by atoms with van der Waals surface area (Å²) in [6.07, 6.45) is 5.40. The number of aromatic amines is 1. The second-order valence-corrected chi connectivity index (χ2v) is 3.69.